The van der Waals surface area contributed by atoms with Gasteiger partial charge in [-0.1, -0.05) is 97.1 Å². The first-order valence-electron chi connectivity index (χ1n) is 15.1. The molecule has 0 bridgehead atoms. The molecule has 4 nitrogen and oxygen atoms in total. The molecule has 0 aromatic heterocycles. The maximum Gasteiger partial charge on any atom is 0.161 e. The van der Waals surface area contributed by atoms with E-state index in [0.29, 0.717) is 10.7 Å². The number of benzene rings is 7. The van der Waals surface area contributed by atoms with Crippen molar-refractivity contribution < 1.29 is 0 Å². The second kappa shape index (κ2) is 9.96. The fourth-order valence-electron chi connectivity index (χ4n) is 7.09. The first kappa shape index (κ1) is 25.8. The molecule has 46 heavy (non-hydrogen) atoms. The smallest absolute Gasteiger partial charge is 0.161 e. The minimum atomic E-state index is 0.653. The lowest BCUT2D eigenvalue weighted by molar-refractivity contribution is 1.41. The van der Waals surface area contributed by atoms with Crippen molar-refractivity contribution in [2.45, 2.75) is 0 Å². The number of nitrogens with zero attached hydrogens (tertiary/aromatic N) is 4. The van der Waals surface area contributed by atoms with Gasteiger partial charge in [-0.05, 0) is 102 Å². The first-order chi connectivity index (χ1) is 22.7. The molecule has 9 aromatic carbocycles. The highest BCUT2D eigenvalue weighted by Gasteiger charge is 2.18. The summed E-state index contributed by atoms with van der Waals surface area (Å²) in [7, 11) is 0. The molecule has 0 aliphatic rings. The van der Waals surface area contributed by atoms with E-state index < -0.39 is 0 Å². The zero-order valence-corrected chi connectivity index (χ0v) is 24.5. The van der Waals surface area contributed by atoms with Gasteiger partial charge in [0, 0.05) is 21.5 Å². The lowest BCUT2D eigenvalue weighted by Gasteiger charge is -2.05. The molecular formula is C42H22N4. The summed E-state index contributed by atoms with van der Waals surface area (Å²) in [6.45, 7) is 15.3. The molecule has 0 unspecified atom stereocenters. The van der Waals surface area contributed by atoms with Crippen molar-refractivity contribution in [2.24, 2.45) is 10.2 Å². The summed E-state index contributed by atoms with van der Waals surface area (Å²) >= 11 is 0. The van der Waals surface area contributed by atoms with Crippen LogP contribution in [0.3, 0.4) is 0 Å². The summed E-state index contributed by atoms with van der Waals surface area (Å²) in [5.41, 5.74) is 4.38. The summed E-state index contributed by atoms with van der Waals surface area (Å²) in [4.78, 5) is 6.95. The van der Waals surface area contributed by atoms with Crippen LogP contribution in [0.4, 0.5) is 0 Å². The number of fused-ring (bicyclic) bond motifs is 8. The Balaban J connectivity index is 1.29. The number of rotatable bonds is 2. The third-order valence-corrected chi connectivity index (χ3v) is 9.26. The summed E-state index contributed by atoms with van der Waals surface area (Å²) in [6.07, 6.45) is 0. The van der Waals surface area contributed by atoms with Gasteiger partial charge >= 0.3 is 0 Å². The largest absolute Gasteiger partial charge is 0.181 e. The van der Waals surface area contributed by atoms with E-state index in [9.17, 15) is 0 Å². The average Bonchev–Trinajstić information content (AvgIpc) is 3.57. The average molecular weight is 583 g/mol. The number of hydrogen-bond acceptors (Lipinski definition) is 2. The molecule has 0 saturated heterocycles. The van der Waals surface area contributed by atoms with Gasteiger partial charge in [0.25, 0.3) is 0 Å². The Bertz CT molecular complexity index is 2740. The van der Waals surface area contributed by atoms with Crippen LogP contribution < -0.4 is 10.7 Å². The van der Waals surface area contributed by atoms with Gasteiger partial charge in [0.05, 0.1) is 10.2 Å². The predicted octanol–water partition coefficient (Wildman–Crippen LogP) is 10.3. The van der Waals surface area contributed by atoms with E-state index in [4.69, 9.17) is 13.1 Å². The normalized spacial score (nSPS) is 12.6. The maximum absolute atomic E-state index is 7.65. The van der Waals surface area contributed by atoms with Crippen molar-refractivity contribution in [3.8, 4) is 22.3 Å². The van der Waals surface area contributed by atoms with Crippen LogP contribution in [0.5, 0.6) is 0 Å². The van der Waals surface area contributed by atoms with Crippen LogP contribution in [0.2, 0.25) is 0 Å². The van der Waals surface area contributed by atoms with E-state index in [1.807, 2.05) is 0 Å². The van der Waals surface area contributed by atoms with Crippen LogP contribution in [0.15, 0.2) is 144 Å². The molecule has 0 N–H and O–H groups in total. The van der Waals surface area contributed by atoms with Gasteiger partial charge in [-0.25, -0.2) is 0 Å². The van der Waals surface area contributed by atoms with E-state index in [0.717, 1.165) is 65.3 Å². The van der Waals surface area contributed by atoms with Gasteiger partial charge in [0.1, 0.15) is 0 Å². The van der Waals surface area contributed by atoms with Crippen molar-refractivity contribution in [3.63, 3.8) is 0 Å². The SMILES string of the molecule is [C-]#[N+]/N=c1/c2cc(-c3ccc4ccccc4c3)ccc2c2cc3c(cc12)/c(=N/[N+]#[C-])c1cc(-c2ccc4ccccc4c2)ccc13. The minimum absolute atomic E-state index is 0.653. The minimum Gasteiger partial charge on any atom is -0.181 e. The van der Waals surface area contributed by atoms with Crippen molar-refractivity contribution in [2.75, 3.05) is 0 Å². The lowest BCUT2D eigenvalue weighted by atomic mass is 9.99. The molecule has 210 valence electrons. The van der Waals surface area contributed by atoms with Gasteiger partial charge in [0.2, 0.25) is 0 Å². The van der Waals surface area contributed by atoms with Crippen LogP contribution in [-0.2, 0) is 0 Å². The fraction of sp³-hybridized carbons (Fsp3) is 0. The standard InChI is InChI=1S/C42H22N4/c1-43-45-41-37-21-31(29-13-11-25-7-3-5-9-27(25)19-29)15-17-33(37)35-23-36-34-18-16-32(30-14-12-26-8-4-6-10-28(26)20-30)22-38(34)42(46-44-2)40(36)24-39(35)41/h3-24H/b45-41-,46-42+. The monoisotopic (exact) mass is 582 g/mol. The van der Waals surface area contributed by atoms with Gasteiger partial charge in [-0.3, -0.25) is 0 Å². The van der Waals surface area contributed by atoms with Crippen LogP contribution in [0, 0.1) is 13.1 Å². The Morgan fingerprint density at radius 1 is 0.326 bits per heavy atom. The van der Waals surface area contributed by atoms with E-state index >= 15 is 0 Å². The highest BCUT2D eigenvalue weighted by molar-refractivity contribution is 6.22. The maximum atomic E-state index is 7.65. The Morgan fingerprint density at radius 3 is 1.15 bits per heavy atom. The first-order valence-corrected chi connectivity index (χ1v) is 15.1. The molecule has 0 aliphatic carbocycles. The Hall–Kier alpha value is -6.62. The van der Waals surface area contributed by atoms with Crippen molar-refractivity contribution in [1.29, 1.82) is 0 Å². The molecule has 9 rings (SSSR count). The summed E-state index contributed by atoms with van der Waals surface area (Å²) in [6, 6.07) is 46.8. The lowest BCUT2D eigenvalue weighted by Crippen LogP contribution is -2.00. The van der Waals surface area contributed by atoms with E-state index in [2.05, 4.69) is 154 Å². The van der Waals surface area contributed by atoms with E-state index in [1.54, 1.807) is 0 Å². The molecular weight excluding hydrogens is 560 g/mol. The molecule has 0 amide bonds. The zero-order chi connectivity index (χ0) is 30.8. The quantitative estimate of drug-likeness (QED) is 0.144. The second-order valence-electron chi connectivity index (χ2n) is 11.7. The van der Waals surface area contributed by atoms with Crippen LogP contribution >= 0.6 is 0 Å². The van der Waals surface area contributed by atoms with Crippen LogP contribution in [0.1, 0.15) is 0 Å². The predicted molar refractivity (Wildman–Crippen MR) is 189 cm³/mol. The highest BCUT2D eigenvalue weighted by Crippen LogP contribution is 2.36. The molecule has 4 heteroatoms. The van der Waals surface area contributed by atoms with Gasteiger partial charge < -0.3 is 0 Å². The van der Waals surface area contributed by atoms with Gasteiger partial charge in [-0.15, -0.1) is 9.91 Å². The van der Waals surface area contributed by atoms with E-state index in [-0.39, 0.29) is 0 Å². The summed E-state index contributed by atoms with van der Waals surface area (Å²) in [5, 5.41) is 22.6. The molecule has 0 atom stereocenters. The third kappa shape index (κ3) is 3.85. The van der Waals surface area contributed by atoms with Crippen LogP contribution in [0.25, 0.3) is 96.8 Å². The molecule has 0 heterocycles. The van der Waals surface area contributed by atoms with Crippen molar-refractivity contribution >= 4 is 64.6 Å². The third-order valence-electron chi connectivity index (χ3n) is 9.26. The van der Waals surface area contributed by atoms with Gasteiger partial charge in [0.15, 0.2) is 10.7 Å². The van der Waals surface area contributed by atoms with E-state index in [1.165, 1.54) is 21.5 Å². The molecule has 0 fully saturated rings. The van der Waals surface area contributed by atoms with Gasteiger partial charge in [-0.2, -0.15) is 13.1 Å². The molecule has 9 aromatic rings. The van der Waals surface area contributed by atoms with Crippen molar-refractivity contribution in [3.05, 3.63) is 167 Å². The highest BCUT2D eigenvalue weighted by atomic mass is 15.2. The molecule has 0 saturated carbocycles. The van der Waals surface area contributed by atoms with Crippen LogP contribution in [-0.4, -0.2) is 0 Å². The molecule has 0 spiro atoms. The molecule has 0 radical (unpaired) electrons. The zero-order valence-electron chi connectivity index (χ0n) is 24.5. The topological polar surface area (TPSA) is 33.4 Å². The second-order valence-corrected chi connectivity index (χ2v) is 11.7. The summed E-state index contributed by atoms with van der Waals surface area (Å²) < 4.78 is 0. The Morgan fingerprint density at radius 2 is 0.696 bits per heavy atom. The van der Waals surface area contributed by atoms with Crippen molar-refractivity contribution in [1.82, 2.24) is 0 Å². The number of hydrogen-bond donors (Lipinski definition) is 0. The Kier molecular flexibility index (Phi) is 5.59. The summed E-state index contributed by atoms with van der Waals surface area (Å²) in [5.74, 6) is 0. The fourth-order valence-corrected chi connectivity index (χ4v) is 7.09. The Labute approximate surface area is 263 Å². The molecule has 0 aliphatic heterocycles.